The van der Waals surface area contributed by atoms with Crippen LogP contribution >= 0.6 is 0 Å². The smallest absolute Gasteiger partial charge is 0.275 e. The van der Waals surface area contributed by atoms with Crippen LogP contribution in [0.15, 0.2) is 11.0 Å². The fourth-order valence-electron chi connectivity index (χ4n) is 1.60. The monoisotopic (exact) mass is 223 g/mol. The number of nitrogens with two attached hydrogens (primary N) is 1. The molecule has 1 amide bonds. The summed E-state index contributed by atoms with van der Waals surface area (Å²) in [5.41, 5.74) is 5.16. The van der Waals surface area contributed by atoms with Crippen LogP contribution in [0.1, 0.15) is 0 Å². The molecule has 0 radical (unpaired) electrons. The molecule has 0 atom stereocenters. The van der Waals surface area contributed by atoms with Crippen LogP contribution in [0.25, 0.3) is 0 Å². The van der Waals surface area contributed by atoms with Gasteiger partial charge in [0.2, 0.25) is 12.4 Å². The Labute approximate surface area is 91.9 Å². The molecule has 86 valence electrons. The number of hydrogen-bond acceptors (Lipinski definition) is 5. The summed E-state index contributed by atoms with van der Waals surface area (Å²) in [4.78, 5) is 32.1. The molecule has 0 aliphatic carbocycles. The predicted octanol–water partition coefficient (Wildman–Crippen LogP) is -1.37. The van der Waals surface area contributed by atoms with E-state index in [4.69, 9.17) is 5.73 Å². The van der Waals surface area contributed by atoms with Crippen LogP contribution in [-0.4, -0.2) is 47.5 Å². The van der Waals surface area contributed by atoms with Gasteiger partial charge in [-0.1, -0.05) is 0 Å². The van der Waals surface area contributed by atoms with Crippen molar-refractivity contribution in [3.8, 4) is 0 Å². The van der Waals surface area contributed by atoms with Crippen molar-refractivity contribution in [2.45, 2.75) is 0 Å². The number of rotatable bonds is 2. The van der Waals surface area contributed by atoms with Crippen LogP contribution in [0.4, 0.5) is 11.6 Å². The minimum atomic E-state index is -0.331. The molecule has 0 spiro atoms. The Hall–Kier alpha value is -2.05. The highest BCUT2D eigenvalue weighted by molar-refractivity contribution is 5.48. The van der Waals surface area contributed by atoms with Gasteiger partial charge >= 0.3 is 0 Å². The third-order valence-electron chi connectivity index (χ3n) is 2.58. The number of carbonyl (C=O) groups excluding carboxylic acids is 1. The molecule has 1 aliphatic rings. The number of carbonyl (C=O) groups is 1. The number of anilines is 2. The molecule has 1 aliphatic heterocycles. The Morgan fingerprint density at radius 3 is 2.62 bits per heavy atom. The molecule has 2 rings (SSSR count). The second kappa shape index (κ2) is 4.21. The molecule has 1 aromatic heterocycles. The largest absolute Gasteiger partial charge is 0.393 e. The molecule has 7 nitrogen and oxygen atoms in total. The van der Waals surface area contributed by atoms with E-state index in [0.717, 1.165) is 6.41 Å². The highest BCUT2D eigenvalue weighted by Gasteiger charge is 2.17. The minimum absolute atomic E-state index is 0.107. The van der Waals surface area contributed by atoms with E-state index < -0.39 is 0 Å². The van der Waals surface area contributed by atoms with Crippen LogP contribution in [0.5, 0.6) is 0 Å². The standard InChI is InChI=1S/C9H13N5O2/c10-7-5-11-9(12-8(7)16)14-3-1-13(6-15)2-4-14/h5-6H,1-4,10H2,(H,11,12,16). The summed E-state index contributed by atoms with van der Waals surface area (Å²) in [6, 6.07) is 0. The molecule has 2 heterocycles. The first-order chi connectivity index (χ1) is 7.70. The zero-order valence-corrected chi connectivity index (χ0v) is 8.72. The van der Waals surface area contributed by atoms with E-state index in [0.29, 0.717) is 32.1 Å². The quantitative estimate of drug-likeness (QED) is 0.603. The van der Waals surface area contributed by atoms with Gasteiger partial charge in [-0.05, 0) is 0 Å². The molecule has 0 aromatic carbocycles. The summed E-state index contributed by atoms with van der Waals surface area (Å²) in [6.45, 7) is 2.59. The molecule has 7 heteroatoms. The number of amides is 1. The SMILES string of the molecule is Nc1cnc(N2CCN(C=O)CC2)[nH]c1=O. The van der Waals surface area contributed by atoms with E-state index in [1.54, 1.807) is 4.90 Å². The van der Waals surface area contributed by atoms with Crippen molar-refractivity contribution in [1.29, 1.82) is 0 Å². The van der Waals surface area contributed by atoms with Gasteiger partial charge in [-0.15, -0.1) is 0 Å². The first kappa shape index (κ1) is 10.5. The molecular weight excluding hydrogens is 210 g/mol. The fraction of sp³-hybridized carbons (Fsp3) is 0.444. The maximum Gasteiger partial charge on any atom is 0.275 e. The van der Waals surface area contributed by atoms with Gasteiger partial charge in [0, 0.05) is 26.2 Å². The first-order valence-corrected chi connectivity index (χ1v) is 5.00. The normalized spacial score (nSPS) is 16.2. The maximum atomic E-state index is 11.3. The van der Waals surface area contributed by atoms with Crippen LogP contribution in [0.3, 0.4) is 0 Å². The number of nitrogen functional groups attached to an aromatic ring is 1. The Bertz CT molecular complexity index is 436. The average Bonchev–Trinajstić information content (AvgIpc) is 2.33. The van der Waals surface area contributed by atoms with E-state index in [-0.39, 0.29) is 11.2 Å². The topological polar surface area (TPSA) is 95.3 Å². The molecule has 1 saturated heterocycles. The Kier molecular flexibility index (Phi) is 2.76. The average molecular weight is 223 g/mol. The van der Waals surface area contributed by atoms with Gasteiger partial charge in [0.05, 0.1) is 6.20 Å². The molecule has 0 saturated carbocycles. The van der Waals surface area contributed by atoms with E-state index in [1.807, 2.05) is 4.90 Å². The van der Waals surface area contributed by atoms with Gasteiger partial charge in [-0.3, -0.25) is 14.6 Å². The van der Waals surface area contributed by atoms with E-state index in [2.05, 4.69) is 9.97 Å². The number of aromatic nitrogens is 2. The third kappa shape index (κ3) is 1.97. The lowest BCUT2D eigenvalue weighted by molar-refractivity contribution is -0.118. The lowest BCUT2D eigenvalue weighted by Gasteiger charge is -2.32. The molecule has 3 N–H and O–H groups in total. The molecule has 1 fully saturated rings. The van der Waals surface area contributed by atoms with Gasteiger partial charge in [0.15, 0.2) is 0 Å². The highest BCUT2D eigenvalue weighted by atomic mass is 16.1. The van der Waals surface area contributed by atoms with Crippen LogP contribution in [-0.2, 0) is 4.79 Å². The number of piperazine rings is 1. The predicted molar refractivity (Wildman–Crippen MR) is 59.1 cm³/mol. The highest BCUT2D eigenvalue weighted by Crippen LogP contribution is 2.08. The molecular formula is C9H13N5O2. The van der Waals surface area contributed by atoms with Gasteiger partial charge < -0.3 is 15.5 Å². The zero-order chi connectivity index (χ0) is 11.5. The second-order valence-electron chi connectivity index (χ2n) is 3.62. The van der Waals surface area contributed by atoms with Crippen molar-refractivity contribution in [3.63, 3.8) is 0 Å². The van der Waals surface area contributed by atoms with Crippen molar-refractivity contribution >= 4 is 18.0 Å². The van der Waals surface area contributed by atoms with Crippen molar-refractivity contribution < 1.29 is 4.79 Å². The summed E-state index contributed by atoms with van der Waals surface area (Å²) in [7, 11) is 0. The fourth-order valence-corrected chi connectivity index (χ4v) is 1.60. The number of nitrogens with zero attached hydrogens (tertiary/aromatic N) is 3. The molecule has 0 bridgehead atoms. The Morgan fingerprint density at radius 1 is 1.38 bits per heavy atom. The summed E-state index contributed by atoms with van der Waals surface area (Å²) < 4.78 is 0. The van der Waals surface area contributed by atoms with E-state index >= 15 is 0 Å². The van der Waals surface area contributed by atoms with E-state index in [1.165, 1.54) is 6.20 Å². The summed E-state index contributed by atoms with van der Waals surface area (Å²) in [5.74, 6) is 0.504. The van der Waals surface area contributed by atoms with Crippen LogP contribution in [0.2, 0.25) is 0 Å². The lowest BCUT2D eigenvalue weighted by Crippen LogP contribution is -2.46. The van der Waals surface area contributed by atoms with E-state index in [9.17, 15) is 9.59 Å². The van der Waals surface area contributed by atoms with Gasteiger partial charge in [-0.25, -0.2) is 4.98 Å². The third-order valence-corrected chi connectivity index (χ3v) is 2.58. The summed E-state index contributed by atoms with van der Waals surface area (Å²) >= 11 is 0. The summed E-state index contributed by atoms with van der Waals surface area (Å²) in [5, 5.41) is 0. The molecule has 0 unspecified atom stereocenters. The van der Waals surface area contributed by atoms with Crippen molar-refractivity contribution in [2.75, 3.05) is 36.8 Å². The first-order valence-electron chi connectivity index (χ1n) is 5.00. The number of aromatic amines is 1. The maximum absolute atomic E-state index is 11.3. The van der Waals surface area contributed by atoms with Gasteiger partial charge in [0.25, 0.3) is 5.56 Å². The Morgan fingerprint density at radius 2 is 2.06 bits per heavy atom. The number of H-pyrrole nitrogens is 1. The molecule has 16 heavy (non-hydrogen) atoms. The van der Waals surface area contributed by atoms with Gasteiger partial charge in [-0.2, -0.15) is 0 Å². The minimum Gasteiger partial charge on any atom is -0.393 e. The van der Waals surface area contributed by atoms with Crippen molar-refractivity contribution in [3.05, 3.63) is 16.6 Å². The number of hydrogen-bond donors (Lipinski definition) is 2. The summed E-state index contributed by atoms with van der Waals surface area (Å²) in [6.07, 6.45) is 2.18. The van der Waals surface area contributed by atoms with Crippen LogP contribution in [0, 0.1) is 0 Å². The van der Waals surface area contributed by atoms with Crippen molar-refractivity contribution in [2.24, 2.45) is 0 Å². The van der Waals surface area contributed by atoms with Gasteiger partial charge in [0.1, 0.15) is 5.69 Å². The van der Waals surface area contributed by atoms with Crippen LogP contribution < -0.4 is 16.2 Å². The molecule has 1 aromatic rings. The lowest BCUT2D eigenvalue weighted by atomic mass is 10.3. The number of nitrogens with one attached hydrogen (secondary N) is 1. The van der Waals surface area contributed by atoms with Crippen molar-refractivity contribution in [1.82, 2.24) is 14.9 Å². The second-order valence-corrected chi connectivity index (χ2v) is 3.62. The Balaban J connectivity index is 2.11. The zero-order valence-electron chi connectivity index (χ0n) is 8.72.